The number of ether oxygens (including phenoxy) is 1. The van der Waals surface area contributed by atoms with Gasteiger partial charge in [-0.3, -0.25) is 9.69 Å². The molecule has 128 valence electrons. The minimum atomic E-state index is -1.33. The van der Waals surface area contributed by atoms with E-state index in [4.69, 9.17) is 9.16 Å². The third-order valence-corrected chi connectivity index (χ3v) is 8.62. The van der Waals surface area contributed by atoms with Crippen LogP contribution in [-0.2, 0) is 18.8 Å². The van der Waals surface area contributed by atoms with E-state index >= 15 is 0 Å². The Kier molecular flexibility index (Phi) is 4.19. The highest BCUT2D eigenvalue weighted by Gasteiger charge is 2.64. The van der Waals surface area contributed by atoms with Crippen molar-refractivity contribution in [2.75, 3.05) is 6.61 Å². The minimum absolute atomic E-state index is 0.0128. The summed E-state index contributed by atoms with van der Waals surface area (Å²) in [6, 6.07) is 0. The van der Waals surface area contributed by atoms with Crippen LogP contribution in [0.3, 0.4) is 0 Å². The van der Waals surface area contributed by atoms with Gasteiger partial charge in [0.15, 0.2) is 9.04 Å². The molecule has 0 N–H and O–H groups in total. The van der Waals surface area contributed by atoms with Gasteiger partial charge in [-0.1, -0.05) is 42.4 Å². The van der Waals surface area contributed by atoms with Crippen LogP contribution in [0.1, 0.15) is 27.7 Å². The van der Waals surface area contributed by atoms with Crippen molar-refractivity contribution in [1.82, 2.24) is 4.90 Å². The van der Waals surface area contributed by atoms with Crippen LogP contribution in [0.5, 0.6) is 0 Å². The normalized spacial score (nSPS) is 30.0. The lowest BCUT2D eigenvalue weighted by atomic mass is 9.66. The molecule has 0 radical (unpaired) electrons. The molecule has 0 aliphatic carbocycles. The monoisotopic (exact) mass is 373 g/mol. The fourth-order valence-corrected chi connectivity index (χ4v) is 7.76. The second-order valence-corrected chi connectivity index (χ2v) is 12.4. The molecular formula is C15H23NO4S2Si. The van der Waals surface area contributed by atoms with Crippen molar-refractivity contribution in [3.8, 4) is 0 Å². The van der Waals surface area contributed by atoms with Gasteiger partial charge in [0.2, 0.25) is 5.91 Å². The number of hydrogen-bond donors (Lipinski definition) is 0. The molecule has 23 heavy (non-hydrogen) atoms. The number of fused-ring (bicyclic) bond motifs is 2. The molecule has 5 nitrogen and oxygen atoms in total. The van der Waals surface area contributed by atoms with E-state index in [1.54, 1.807) is 26.5 Å². The van der Waals surface area contributed by atoms with Crippen LogP contribution < -0.4 is 0 Å². The molecule has 1 unspecified atom stereocenters. The van der Waals surface area contributed by atoms with E-state index in [0.717, 1.165) is 4.91 Å². The van der Waals surface area contributed by atoms with Gasteiger partial charge < -0.3 is 9.16 Å². The standard InChI is InChI=1S/C15H23NO4S2Si/c1-14(2,3)15(4,20-23(5)6)9-11(17)16-10-8(7-19-13(10)18)21-22-12(9)16/h9,12,23H,7H2,1-6H3/t9-,12+,15?/m0/s1. The second-order valence-electron chi connectivity index (χ2n) is 7.63. The lowest BCUT2D eigenvalue weighted by molar-refractivity contribution is -0.174. The summed E-state index contributed by atoms with van der Waals surface area (Å²) < 4.78 is 11.5. The van der Waals surface area contributed by atoms with Crippen LogP contribution in [0.25, 0.3) is 0 Å². The third kappa shape index (κ3) is 2.49. The van der Waals surface area contributed by atoms with E-state index in [0.29, 0.717) is 12.3 Å². The van der Waals surface area contributed by atoms with Gasteiger partial charge in [-0.05, 0) is 25.4 Å². The molecule has 1 saturated heterocycles. The molecule has 3 atom stereocenters. The maximum absolute atomic E-state index is 13.0. The van der Waals surface area contributed by atoms with E-state index in [1.165, 1.54) is 0 Å². The van der Waals surface area contributed by atoms with Crippen molar-refractivity contribution in [3.05, 3.63) is 10.6 Å². The fraction of sp³-hybridized carbons (Fsp3) is 0.733. The van der Waals surface area contributed by atoms with Gasteiger partial charge in [0, 0.05) is 0 Å². The topological polar surface area (TPSA) is 55.8 Å². The second kappa shape index (κ2) is 5.54. The molecule has 0 spiro atoms. The Bertz CT molecular complexity index is 601. The first kappa shape index (κ1) is 17.4. The van der Waals surface area contributed by atoms with Crippen molar-refractivity contribution in [3.63, 3.8) is 0 Å². The average Bonchev–Trinajstić information content (AvgIpc) is 2.76. The zero-order chi connectivity index (χ0) is 17.2. The van der Waals surface area contributed by atoms with E-state index in [1.807, 2.05) is 0 Å². The van der Waals surface area contributed by atoms with Crippen LogP contribution in [-0.4, -0.2) is 43.4 Å². The maximum Gasteiger partial charge on any atom is 0.356 e. The molecule has 3 aliphatic heterocycles. The number of nitrogens with zero attached hydrogens (tertiary/aromatic N) is 1. The Morgan fingerprint density at radius 2 is 1.91 bits per heavy atom. The van der Waals surface area contributed by atoms with E-state index < -0.39 is 14.6 Å². The molecule has 3 rings (SSSR count). The Labute approximate surface area is 146 Å². The number of cyclic esters (lactones) is 1. The average molecular weight is 374 g/mol. The molecule has 0 aromatic carbocycles. The summed E-state index contributed by atoms with van der Waals surface area (Å²) in [6.45, 7) is 13.0. The quantitative estimate of drug-likeness (QED) is 0.328. The fourth-order valence-electron chi connectivity index (χ4n) is 3.30. The Hall–Kier alpha value is -0.443. The summed E-state index contributed by atoms with van der Waals surface area (Å²) in [5, 5.41) is -0.0612. The molecule has 1 amide bonds. The van der Waals surface area contributed by atoms with Gasteiger partial charge in [0.25, 0.3) is 0 Å². The summed E-state index contributed by atoms with van der Waals surface area (Å²) in [5.74, 6) is -0.625. The number of β-lactam (4-membered cyclic amide) rings is 1. The first-order chi connectivity index (χ1) is 10.6. The number of amides is 1. The van der Waals surface area contributed by atoms with Gasteiger partial charge in [0.1, 0.15) is 17.7 Å². The maximum atomic E-state index is 13.0. The van der Waals surface area contributed by atoms with Crippen LogP contribution in [0.4, 0.5) is 0 Å². The number of rotatable bonds is 3. The van der Waals surface area contributed by atoms with Gasteiger partial charge in [-0.15, -0.1) is 0 Å². The summed E-state index contributed by atoms with van der Waals surface area (Å²) in [5.41, 5.74) is -0.259. The SMILES string of the molecule is C[SiH](C)OC(C)([C@H]1C(=O)N2C3=C(COC3=O)SS[C@H]12)C(C)(C)C. The lowest BCUT2D eigenvalue weighted by Gasteiger charge is -2.58. The molecular weight excluding hydrogens is 350 g/mol. The predicted octanol–water partition coefficient (Wildman–Crippen LogP) is 2.74. The number of carbonyl (C=O) groups excluding carboxylic acids is 2. The Morgan fingerprint density at radius 3 is 2.48 bits per heavy atom. The third-order valence-electron chi connectivity index (χ3n) is 4.89. The Balaban J connectivity index is 1.94. The van der Waals surface area contributed by atoms with Crippen molar-refractivity contribution in [1.29, 1.82) is 0 Å². The first-order valence-electron chi connectivity index (χ1n) is 7.82. The number of carbonyl (C=O) groups is 2. The van der Waals surface area contributed by atoms with Gasteiger partial charge in [0.05, 0.1) is 16.4 Å². The molecule has 0 aromatic rings. The summed E-state index contributed by atoms with van der Waals surface area (Å²) in [7, 11) is 1.87. The smallest absolute Gasteiger partial charge is 0.356 e. The van der Waals surface area contributed by atoms with Gasteiger partial charge >= 0.3 is 5.97 Å². The summed E-state index contributed by atoms with van der Waals surface area (Å²) in [6.07, 6.45) is 0. The summed E-state index contributed by atoms with van der Waals surface area (Å²) >= 11 is 0. The van der Waals surface area contributed by atoms with Crippen LogP contribution in [0, 0.1) is 11.3 Å². The highest BCUT2D eigenvalue weighted by molar-refractivity contribution is 8.78. The van der Waals surface area contributed by atoms with Crippen molar-refractivity contribution in [2.24, 2.45) is 11.3 Å². The van der Waals surface area contributed by atoms with Crippen molar-refractivity contribution < 1.29 is 18.8 Å². The zero-order valence-corrected chi connectivity index (χ0v) is 17.1. The largest absolute Gasteiger partial charge is 0.455 e. The molecule has 0 bridgehead atoms. The minimum Gasteiger partial charge on any atom is -0.455 e. The van der Waals surface area contributed by atoms with Crippen LogP contribution in [0.2, 0.25) is 13.1 Å². The van der Waals surface area contributed by atoms with E-state index in [-0.39, 0.29) is 28.6 Å². The first-order valence-corrected chi connectivity index (χ1v) is 12.8. The van der Waals surface area contributed by atoms with Crippen LogP contribution >= 0.6 is 21.6 Å². The highest BCUT2D eigenvalue weighted by Crippen LogP contribution is 2.59. The Morgan fingerprint density at radius 1 is 1.26 bits per heavy atom. The zero-order valence-electron chi connectivity index (χ0n) is 14.3. The molecule has 1 fully saturated rings. The predicted molar refractivity (Wildman–Crippen MR) is 95.1 cm³/mol. The summed E-state index contributed by atoms with van der Waals surface area (Å²) in [4.78, 5) is 27.4. The van der Waals surface area contributed by atoms with Gasteiger partial charge in [-0.2, -0.15) is 0 Å². The molecule has 0 saturated carbocycles. The molecule has 8 heteroatoms. The lowest BCUT2D eigenvalue weighted by Crippen LogP contribution is -2.70. The number of esters is 1. The molecule has 0 aromatic heterocycles. The van der Waals surface area contributed by atoms with E-state index in [9.17, 15) is 9.59 Å². The number of hydrogen-bond acceptors (Lipinski definition) is 6. The van der Waals surface area contributed by atoms with Crippen molar-refractivity contribution >= 4 is 42.5 Å². The van der Waals surface area contributed by atoms with Crippen LogP contribution in [0.15, 0.2) is 10.6 Å². The molecule has 3 aliphatic rings. The van der Waals surface area contributed by atoms with E-state index in [2.05, 4.69) is 40.8 Å². The van der Waals surface area contributed by atoms with Gasteiger partial charge in [-0.25, -0.2) is 4.79 Å². The van der Waals surface area contributed by atoms with Crippen molar-refractivity contribution in [2.45, 2.75) is 51.8 Å². The molecule has 3 heterocycles. The highest BCUT2D eigenvalue weighted by atomic mass is 33.1.